The van der Waals surface area contributed by atoms with Gasteiger partial charge >= 0.3 is 5.97 Å². The number of carbonyl (C=O) groups is 1. The van der Waals surface area contributed by atoms with Gasteiger partial charge in [-0.2, -0.15) is 0 Å². The van der Waals surface area contributed by atoms with E-state index in [1.807, 2.05) is 24.3 Å². The summed E-state index contributed by atoms with van der Waals surface area (Å²) >= 11 is 0. The quantitative estimate of drug-likeness (QED) is 0.829. The van der Waals surface area contributed by atoms with Crippen molar-refractivity contribution < 1.29 is 14.6 Å². The third-order valence-corrected chi connectivity index (χ3v) is 3.90. The molecule has 108 valence electrons. The summed E-state index contributed by atoms with van der Waals surface area (Å²) < 4.78 is 5.98. The first kappa shape index (κ1) is 14.8. The Bertz CT molecular complexity index is 471. The Labute approximate surface area is 120 Å². The van der Waals surface area contributed by atoms with Crippen LogP contribution in [0, 0.1) is 5.92 Å². The first-order chi connectivity index (χ1) is 9.65. The molecule has 2 rings (SSSR count). The molecule has 0 heterocycles. The smallest absolute Gasteiger partial charge is 0.328 e. The molecule has 0 unspecified atom stereocenters. The molecule has 3 heteroatoms. The minimum Gasteiger partial charge on any atom is -0.478 e. The second kappa shape index (κ2) is 7.25. The molecule has 0 aromatic heterocycles. The zero-order chi connectivity index (χ0) is 14.4. The summed E-state index contributed by atoms with van der Waals surface area (Å²) in [7, 11) is 0. The molecule has 1 saturated carbocycles. The van der Waals surface area contributed by atoms with Gasteiger partial charge in [0.2, 0.25) is 0 Å². The molecule has 1 N–H and O–H groups in total. The average Bonchev–Trinajstić information content (AvgIpc) is 2.45. The van der Waals surface area contributed by atoms with Crippen molar-refractivity contribution in [3.63, 3.8) is 0 Å². The fourth-order valence-corrected chi connectivity index (χ4v) is 2.59. The lowest BCUT2D eigenvalue weighted by Gasteiger charge is -2.26. The van der Waals surface area contributed by atoms with Crippen molar-refractivity contribution in [3.8, 4) is 0 Å². The highest BCUT2D eigenvalue weighted by Gasteiger charge is 2.18. The number of hydrogen-bond donors (Lipinski definition) is 1. The molecule has 20 heavy (non-hydrogen) atoms. The summed E-state index contributed by atoms with van der Waals surface area (Å²) in [6.45, 7) is 2.85. The average molecular weight is 274 g/mol. The SMILES string of the molecule is CC1CCC(OCc2ccccc2C=CC(=O)O)CC1. The van der Waals surface area contributed by atoms with E-state index in [2.05, 4.69) is 6.92 Å². The van der Waals surface area contributed by atoms with Crippen LogP contribution in [0.15, 0.2) is 30.3 Å². The minimum atomic E-state index is -0.929. The number of hydrogen-bond acceptors (Lipinski definition) is 2. The van der Waals surface area contributed by atoms with Crippen LogP contribution in [0.5, 0.6) is 0 Å². The summed E-state index contributed by atoms with van der Waals surface area (Å²) in [6.07, 6.45) is 7.90. The molecule has 0 aliphatic heterocycles. The Morgan fingerprint density at radius 2 is 2.00 bits per heavy atom. The number of benzene rings is 1. The van der Waals surface area contributed by atoms with Gasteiger partial charge in [0.05, 0.1) is 12.7 Å². The van der Waals surface area contributed by atoms with Crippen molar-refractivity contribution in [2.45, 2.75) is 45.3 Å². The molecule has 3 nitrogen and oxygen atoms in total. The molecule has 0 atom stereocenters. The van der Waals surface area contributed by atoms with E-state index in [1.165, 1.54) is 18.9 Å². The van der Waals surface area contributed by atoms with Crippen LogP contribution < -0.4 is 0 Å². The molecule has 0 bridgehead atoms. The second-order valence-electron chi connectivity index (χ2n) is 5.56. The fourth-order valence-electron chi connectivity index (χ4n) is 2.59. The van der Waals surface area contributed by atoms with Gasteiger partial charge in [0, 0.05) is 6.08 Å². The van der Waals surface area contributed by atoms with Crippen LogP contribution in [0.25, 0.3) is 6.08 Å². The summed E-state index contributed by atoms with van der Waals surface area (Å²) in [5.41, 5.74) is 1.96. The molecule has 1 aliphatic carbocycles. The Kier molecular flexibility index (Phi) is 5.36. The van der Waals surface area contributed by atoms with Gasteiger partial charge < -0.3 is 9.84 Å². The Hall–Kier alpha value is -1.61. The molecule has 1 aromatic rings. The van der Waals surface area contributed by atoms with Crippen molar-refractivity contribution in [1.29, 1.82) is 0 Å². The molecule has 0 spiro atoms. The van der Waals surface area contributed by atoms with Crippen molar-refractivity contribution in [2.24, 2.45) is 5.92 Å². The Morgan fingerprint density at radius 1 is 1.30 bits per heavy atom. The minimum absolute atomic E-state index is 0.350. The molecule has 0 radical (unpaired) electrons. The van der Waals surface area contributed by atoms with E-state index in [-0.39, 0.29) is 0 Å². The molecule has 0 amide bonds. The Balaban J connectivity index is 1.93. The van der Waals surface area contributed by atoms with Crippen LogP contribution in [0.4, 0.5) is 0 Å². The zero-order valence-electron chi connectivity index (χ0n) is 11.9. The largest absolute Gasteiger partial charge is 0.478 e. The van der Waals surface area contributed by atoms with Crippen molar-refractivity contribution in [2.75, 3.05) is 0 Å². The first-order valence-corrected chi connectivity index (χ1v) is 7.25. The van der Waals surface area contributed by atoms with E-state index in [1.54, 1.807) is 6.08 Å². The zero-order valence-corrected chi connectivity index (χ0v) is 11.9. The van der Waals surface area contributed by atoms with Crippen LogP contribution in [-0.2, 0) is 16.1 Å². The molecular weight excluding hydrogens is 252 g/mol. The van der Waals surface area contributed by atoms with E-state index in [9.17, 15) is 4.79 Å². The standard InChI is InChI=1S/C17H22O3/c1-13-6-9-16(10-7-13)20-12-15-5-3-2-4-14(15)8-11-17(18)19/h2-5,8,11,13,16H,6-7,9-10,12H2,1H3,(H,18,19). The van der Waals surface area contributed by atoms with Gasteiger partial charge in [0.1, 0.15) is 0 Å². The van der Waals surface area contributed by atoms with Crippen LogP contribution in [0.1, 0.15) is 43.7 Å². The molecule has 1 aromatic carbocycles. The van der Waals surface area contributed by atoms with E-state index < -0.39 is 5.97 Å². The van der Waals surface area contributed by atoms with E-state index in [0.717, 1.165) is 29.9 Å². The summed E-state index contributed by atoms with van der Waals surface area (Å²) in [5, 5.41) is 8.71. The van der Waals surface area contributed by atoms with Gasteiger partial charge in [-0.1, -0.05) is 31.2 Å². The number of carboxylic acids is 1. The molecule has 0 saturated heterocycles. The lowest BCUT2D eigenvalue weighted by Crippen LogP contribution is -2.20. The first-order valence-electron chi connectivity index (χ1n) is 7.25. The summed E-state index contributed by atoms with van der Waals surface area (Å²) in [6, 6.07) is 7.78. The highest BCUT2D eigenvalue weighted by molar-refractivity contribution is 5.85. The fraction of sp³-hybridized carbons (Fsp3) is 0.471. The van der Waals surface area contributed by atoms with Gasteiger partial charge in [-0.05, 0) is 48.8 Å². The predicted octanol–water partition coefficient (Wildman–Crippen LogP) is 3.88. The predicted molar refractivity (Wildman–Crippen MR) is 79.3 cm³/mol. The maximum Gasteiger partial charge on any atom is 0.328 e. The topological polar surface area (TPSA) is 46.5 Å². The second-order valence-corrected chi connectivity index (χ2v) is 5.56. The lowest BCUT2D eigenvalue weighted by atomic mass is 9.89. The van der Waals surface area contributed by atoms with E-state index in [0.29, 0.717) is 12.7 Å². The third-order valence-electron chi connectivity index (χ3n) is 3.90. The van der Waals surface area contributed by atoms with Crippen molar-refractivity contribution in [3.05, 3.63) is 41.5 Å². The maximum absolute atomic E-state index is 10.6. The number of aliphatic carboxylic acids is 1. The van der Waals surface area contributed by atoms with Crippen LogP contribution >= 0.6 is 0 Å². The van der Waals surface area contributed by atoms with Crippen molar-refractivity contribution >= 4 is 12.0 Å². The number of carboxylic acid groups (broad SMARTS) is 1. The highest BCUT2D eigenvalue weighted by atomic mass is 16.5. The van der Waals surface area contributed by atoms with Gasteiger partial charge in [-0.15, -0.1) is 0 Å². The number of rotatable bonds is 5. The van der Waals surface area contributed by atoms with E-state index in [4.69, 9.17) is 9.84 Å². The van der Waals surface area contributed by atoms with E-state index >= 15 is 0 Å². The van der Waals surface area contributed by atoms with Crippen LogP contribution in [0.2, 0.25) is 0 Å². The van der Waals surface area contributed by atoms with Crippen LogP contribution in [0.3, 0.4) is 0 Å². The molecular formula is C17H22O3. The van der Waals surface area contributed by atoms with Gasteiger partial charge in [-0.3, -0.25) is 0 Å². The Morgan fingerprint density at radius 3 is 2.70 bits per heavy atom. The van der Waals surface area contributed by atoms with Crippen LogP contribution in [-0.4, -0.2) is 17.2 Å². The summed E-state index contributed by atoms with van der Waals surface area (Å²) in [4.78, 5) is 10.6. The normalized spacial score (nSPS) is 23.1. The molecule has 1 aliphatic rings. The lowest BCUT2D eigenvalue weighted by molar-refractivity contribution is -0.131. The van der Waals surface area contributed by atoms with Crippen molar-refractivity contribution in [1.82, 2.24) is 0 Å². The highest BCUT2D eigenvalue weighted by Crippen LogP contribution is 2.26. The summed E-state index contributed by atoms with van der Waals surface area (Å²) in [5.74, 6) is -0.109. The monoisotopic (exact) mass is 274 g/mol. The maximum atomic E-state index is 10.6. The third kappa shape index (κ3) is 4.49. The van der Waals surface area contributed by atoms with Gasteiger partial charge in [0.25, 0.3) is 0 Å². The van der Waals surface area contributed by atoms with Gasteiger partial charge in [-0.25, -0.2) is 4.79 Å². The molecule has 1 fully saturated rings. The number of ether oxygens (including phenoxy) is 1. The van der Waals surface area contributed by atoms with Gasteiger partial charge in [0.15, 0.2) is 0 Å².